The van der Waals surface area contributed by atoms with Crippen LogP contribution in [-0.2, 0) is 5.60 Å². The van der Waals surface area contributed by atoms with E-state index in [9.17, 15) is 10.2 Å². The number of hydrogen-bond acceptors (Lipinski definition) is 2. The minimum absolute atomic E-state index is 0.612. The van der Waals surface area contributed by atoms with E-state index in [4.69, 9.17) is 0 Å². The Morgan fingerprint density at radius 3 is 2.50 bits per heavy atom. The van der Waals surface area contributed by atoms with Gasteiger partial charge < -0.3 is 10.2 Å². The van der Waals surface area contributed by atoms with Crippen LogP contribution in [0.1, 0.15) is 31.2 Å². The Bertz CT molecular complexity index is 296. The molecule has 2 rings (SSSR count). The highest BCUT2D eigenvalue weighted by molar-refractivity contribution is 5.24. The predicted molar refractivity (Wildman–Crippen MR) is 54.8 cm³/mol. The molecule has 0 bridgehead atoms. The number of aliphatic hydroxyl groups is 2. The van der Waals surface area contributed by atoms with Crippen LogP contribution in [0.2, 0.25) is 0 Å². The molecule has 1 aliphatic carbocycles. The molecule has 0 radical (unpaired) electrons. The molecule has 2 atom stereocenters. The Hall–Kier alpha value is -0.860. The van der Waals surface area contributed by atoms with Crippen molar-refractivity contribution in [2.24, 2.45) is 0 Å². The summed E-state index contributed by atoms with van der Waals surface area (Å²) in [4.78, 5) is 0. The fourth-order valence-corrected chi connectivity index (χ4v) is 2.20. The summed E-state index contributed by atoms with van der Waals surface area (Å²) in [5.41, 5.74) is -0.174. The average Bonchev–Trinajstić information content (AvgIpc) is 2.24. The summed E-state index contributed by atoms with van der Waals surface area (Å²) >= 11 is 0. The molecule has 76 valence electrons. The van der Waals surface area contributed by atoms with Gasteiger partial charge in [-0.3, -0.25) is 0 Å². The Morgan fingerprint density at radius 1 is 1.14 bits per heavy atom. The van der Waals surface area contributed by atoms with Gasteiger partial charge in [-0.15, -0.1) is 0 Å². The maximum Gasteiger partial charge on any atom is 0.115 e. The molecule has 1 saturated carbocycles. The van der Waals surface area contributed by atoms with E-state index in [-0.39, 0.29) is 0 Å². The highest BCUT2D eigenvalue weighted by atomic mass is 16.3. The zero-order valence-electron chi connectivity index (χ0n) is 8.19. The first kappa shape index (κ1) is 9.69. The molecule has 14 heavy (non-hydrogen) atoms. The Kier molecular flexibility index (Phi) is 2.57. The van der Waals surface area contributed by atoms with Crippen LogP contribution >= 0.6 is 0 Å². The maximum atomic E-state index is 10.4. The molecule has 1 fully saturated rings. The summed E-state index contributed by atoms with van der Waals surface area (Å²) in [7, 11) is 0. The molecule has 0 unspecified atom stereocenters. The number of rotatable bonds is 1. The van der Waals surface area contributed by atoms with Gasteiger partial charge in [0.2, 0.25) is 0 Å². The SMILES string of the molecule is O[C@H]1CCCC[C@@]1(O)c1ccccc1. The zero-order chi connectivity index (χ0) is 10.0. The molecule has 1 aliphatic rings. The van der Waals surface area contributed by atoms with Crippen molar-refractivity contribution in [2.75, 3.05) is 0 Å². The van der Waals surface area contributed by atoms with Gasteiger partial charge in [0.15, 0.2) is 0 Å². The third-order valence-electron chi connectivity index (χ3n) is 3.11. The van der Waals surface area contributed by atoms with Crippen molar-refractivity contribution in [3.8, 4) is 0 Å². The van der Waals surface area contributed by atoms with Crippen LogP contribution in [0.15, 0.2) is 30.3 Å². The van der Waals surface area contributed by atoms with Crippen LogP contribution in [-0.4, -0.2) is 16.3 Å². The first-order valence-electron chi connectivity index (χ1n) is 5.19. The molecule has 0 aromatic heterocycles. The van der Waals surface area contributed by atoms with Crippen LogP contribution < -0.4 is 0 Å². The van der Waals surface area contributed by atoms with Crippen LogP contribution in [0.4, 0.5) is 0 Å². The molecule has 0 amide bonds. The van der Waals surface area contributed by atoms with E-state index in [2.05, 4.69) is 0 Å². The van der Waals surface area contributed by atoms with Crippen molar-refractivity contribution >= 4 is 0 Å². The largest absolute Gasteiger partial charge is 0.390 e. The molecular formula is C12H16O2. The van der Waals surface area contributed by atoms with Crippen LogP contribution in [0.3, 0.4) is 0 Å². The summed E-state index contributed by atoms with van der Waals surface area (Å²) < 4.78 is 0. The van der Waals surface area contributed by atoms with Crippen molar-refractivity contribution in [2.45, 2.75) is 37.4 Å². The Morgan fingerprint density at radius 2 is 1.86 bits per heavy atom. The molecule has 0 heterocycles. The third-order valence-corrected chi connectivity index (χ3v) is 3.11. The van der Waals surface area contributed by atoms with Gasteiger partial charge >= 0.3 is 0 Å². The lowest BCUT2D eigenvalue weighted by atomic mass is 9.77. The number of hydrogen-bond donors (Lipinski definition) is 2. The van der Waals surface area contributed by atoms with E-state index in [1.165, 1.54) is 0 Å². The predicted octanol–water partition coefficient (Wildman–Crippen LogP) is 1.81. The van der Waals surface area contributed by atoms with Gasteiger partial charge in [0.1, 0.15) is 5.60 Å². The normalized spacial score (nSPS) is 32.9. The van der Waals surface area contributed by atoms with E-state index >= 15 is 0 Å². The van der Waals surface area contributed by atoms with Crippen molar-refractivity contribution < 1.29 is 10.2 Å². The summed E-state index contributed by atoms with van der Waals surface area (Å²) in [5.74, 6) is 0. The molecule has 2 nitrogen and oxygen atoms in total. The van der Waals surface area contributed by atoms with Gasteiger partial charge in [-0.2, -0.15) is 0 Å². The van der Waals surface area contributed by atoms with E-state index in [0.29, 0.717) is 12.8 Å². The minimum atomic E-state index is -1.01. The standard InChI is InChI=1S/C12H16O2/c13-11-8-4-5-9-12(11,14)10-6-2-1-3-7-10/h1-3,6-7,11,13-14H,4-5,8-9H2/t11-,12+/m0/s1. The molecule has 0 spiro atoms. The smallest absolute Gasteiger partial charge is 0.115 e. The van der Waals surface area contributed by atoms with Gasteiger partial charge in [-0.25, -0.2) is 0 Å². The van der Waals surface area contributed by atoms with Crippen LogP contribution in [0, 0.1) is 0 Å². The first-order chi connectivity index (χ1) is 6.73. The van der Waals surface area contributed by atoms with Crippen LogP contribution in [0.5, 0.6) is 0 Å². The lowest BCUT2D eigenvalue weighted by Crippen LogP contribution is -2.41. The molecular weight excluding hydrogens is 176 g/mol. The fourth-order valence-electron chi connectivity index (χ4n) is 2.20. The van der Waals surface area contributed by atoms with Crippen molar-refractivity contribution in [1.82, 2.24) is 0 Å². The number of benzene rings is 1. The Labute approximate surface area is 84.2 Å². The van der Waals surface area contributed by atoms with Gasteiger partial charge in [0.05, 0.1) is 6.10 Å². The van der Waals surface area contributed by atoms with Crippen molar-refractivity contribution in [1.29, 1.82) is 0 Å². The van der Waals surface area contributed by atoms with Crippen molar-refractivity contribution in [3.05, 3.63) is 35.9 Å². The summed E-state index contributed by atoms with van der Waals surface area (Å²) in [6, 6.07) is 9.48. The molecule has 0 saturated heterocycles. The molecule has 0 aliphatic heterocycles. The zero-order valence-corrected chi connectivity index (χ0v) is 8.19. The molecule has 2 heteroatoms. The average molecular weight is 192 g/mol. The fraction of sp³-hybridized carbons (Fsp3) is 0.500. The van der Waals surface area contributed by atoms with E-state index < -0.39 is 11.7 Å². The molecule has 2 N–H and O–H groups in total. The lowest BCUT2D eigenvalue weighted by molar-refractivity contribution is -0.106. The highest BCUT2D eigenvalue weighted by Gasteiger charge is 2.38. The second kappa shape index (κ2) is 3.71. The van der Waals surface area contributed by atoms with Gasteiger partial charge in [-0.05, 0) is 18.4 Å². The third kappa shape index (κ3) is 1.56. The monoisotopic (exact) mass is 192 g/mol. The van der Waals surface area contributed by atoms with E-state index in [0.717, 1.165) is 18.4 Å². The van der Waals surface area contributed by atoms with Crippen LogP contribution in [0.25, 0.3) is 0 Å². The number of aliphatic hydroxyl groups excluding tert-OH is 1. The van der Waals surface area contributed by atoms with Crippen molar-refractivity contribution in [3.63, 3.8) is 0 Å². The highest BCUT2D eigenvalue weighted by Crippen LogP contribution is 2.36. The van der Waals surface area contributed by atoms with Gasteiger partial charge in [0.25, 0.3) is 0 Å². The summed E-state index contributed by atoms with van der Waals surface area (Å²) in [6.07, 6.45) is 2.75. The quantitative estimate of drug-likeness (QED) is 0.712. The second-order valence-corrected chi connectivity index (χ2v) is 4.05. The van der Waals surface area contributed by atoms with E-state index in [1.54, 1.807) is 0 Å². The second-order valence-electron chi connectivity index (χ2n) is 4.05. The lowest BCUT2D eigenvalue weighted by Gasteiger charge is -2.37. The van der Waals surface area contributed by atoms with Gasteiger partial charge in [-0.1, -0.05) is 43.2 Å². The van der Waals surface area contributed by atoms with Gasteiger partial charge in [0, 0.05) is 0 Å². The maximum absolute atomic E-state index is 10.4. The van der Waals surface area contributed by atoms with E-state index in [1.807, 2.05) is 30.3 Å². The molecule has 1 aromatic carbocycles. The first-order valence-corrected chi connectivity index (χ1v) is 5.19. The molecule has 1 aromatic rings. The minimum Gasteiger partial charge on any atom is -0.390 e. The summed E-state index contributed by atoms with van der Waals surface area (Å²) in [6.45, 7) is 0. The topological polar surface area (TPSA) is 40.5 Å². The summed E-state index contributed by atoms with van der Waals surface area (Å²) in [5, 5.41) is 20.2. The Balaban J connectivity index is 2.30.